The number of hydrogen-bond donors (Lipinski definition) is 4. The Hall–Kier alpha value is -1.36. The molecule has 0 aliphatic rings. The van der Waals surface area contributed by atoms with Crippen LogP contribution in [0.5, 0.6) is 0 Å². The lowest BCUT2D eigenvalue weighted by Crippen LogP contribution is -2.51. The fourth-order valence-corrected chi connectivity index (χ4v) is 1.85. The third kappa shape index (κ3) is 1.95. The number of H-pyrrole nitrogens is 1. The van der Waals surface area contributed by atoms with E-state index in [4.69, 9.17) is 5.84 Å². The molecule has 1 heterocycles. The van der Waals surface area contributed by atoms with Gasteiger partial charge in [-0.25, -0.2) is 0 Å². The number of fused-ring (bicyclic) bond motifs is 1. The molecule has 0 amide bonds. The van der Waals surface area contributed by atoms with Crippen molar-refractivity contribution in [3.8, 4) is 0 Å². The van der Waals surface area contributed by atoms with E-state index in [1.54, 1.807) is 0 Å². The number of hydrogen-bond acceptors (Lipinski definition) is 3. The number of aliphatic hydroxyl groups excluding tert-OH is 1. The van der Waals surface area contributed by atoms with E-state index in [2.05, 4.69) is 16.5 Å². The first-order valence-electron chi connectivity index (χ1n) is 5.32. The molecule has 0 aliphatic heterocycles. The molecular formula is C12H17N3O. The molecule has 1 unspecified atom stereocenters. The van der Waals surface area contributed by atoms with Crippen LogP contribution in [0.4, 0.5) is 0 Å². The second-order valence-corrected chi connectivity index (χ2v) is 4.40. The van der Waals surface area contributed by atoms with Crippen molar-refractivity contribution >= 4 is 10.9 Å². The SMILES string of the molecule is CC(CO)(Cc1c[nH]c2ccccc12)NN. The zero-order valence-electron chi connectivity index (χ0n) is 9.33. The maximum absolute atomic E-state index is 9.30. The Morgan fingerprint density at radius 1 is 1.44 bits per heavy atom. The van der Waals surface area contributed by atoms with Gasteiger partial charge in [-0.15, -0.1) is 0 Å². The lowest BCUT2D eigenvalue weighted by atomic mass is 9.94. The number of nitrogens with two attached hydrogens (primary N) is 1. The van der Waals surface area contributed by atoms with Crippen molar-refractivity contribution in [3.63, 3.8) is 0 Å². The molecule has 0 radical (unpaired) electrons. The van der Waals surface area contributed by atoms with Gasteiger partial charge < -0.3 is 10.1 Å². The third-order valence-electron chi connectivity index (χ3n) is 2.95. The molecule has 1 aromatic carbocycles. The van der Waals surface area contributed by atoms with Crippen LogP contribution < -0.4 is 11.3 Å². The first kappa shape index (κ1) is 11.1. The normalized spacial score (nSPS) is 15.2. The van der Waals surface area contributed by atoms with E-state index in [0.29, 0.717) is 6.42 Å². The van der Waals surface area contributed by atoms with Gasteiger partial charge in [0.2, 0.25) is 0 Å². The summed E-state index contributed by atoms with van der Waals surface area (Å²) in [5, 5.41) is 10.5. The highest BCUT2D eigenvalue weighted by Gasteiger charge is 2.23. The van der Waals surface area contributed by atoms with Crippen molar-refractivity contribution in [2.24, 2.45) is 5.84 Å². The molecular weight excluding hydrogens is 202 g/mol. The summed E-state index contributed by atoms with van der Waals surface area (Å²) in [5.74, 6) is 5.46. The van der Waals surface area contributed by atoms with Crippen LogP contribution in [0.25, 0.3) is 10.9 Å². The summed E-state index contributed by atoms with van der Waals surface area (Å²) in [6, 6.07) is 8.10. The molecule has 0 saturated carbocycles. The number of benzene rings is 1. The maximum Gasteiger partial charge on any atom is 0.0626 e. The average molecular weight is 219 g/mol. The monoisotopic (exact) mass is 219 g/mol. The second kappa shape index (κ2) is 4.25. The third-order valence-corrected chi connectivity index (χ3v) is 2.95. The minimum absolute atomic E-state index is 0.00298. The Morgan fingerprint density at radius 2 is 2.19 bits per heavy atom. The standard InChI is InChI=1S/C12H17N3O/c1-12(8-16,15-13)6-9-7-14-11-5-3-2-4-10(9)11/h2-5,7,14-16H,6,8,13H2,1H3. The molecule has 0 saturated heterocycles. The highest BCUT2D eigenvalue weighted by atomic mass is 16.3. The summed E-state index contributed by atoms with van der Waals surface area (Å²) in [5.41, 5.74) is 4.45. The highest BCUT2D eigenvalue weighted by molar-refractivity contribution is 5.83. The van der Waals surface area contributed by atoms with Gasteiger partial charge in [0, 0.05) is 17.1 Å². The van der Waals surface area contributed by atoms with Crippen molar-refractivity contribution < 1.29 is 5.11 Å². The topological polar surface area (TPSA) is 74.1 Å². The van der Waals surface area contributed by atoms with Crippen molar-refractivity contribution in [3.05, 3.63) is 36.0 Å². The number of rotatable bonds is 4. The number of nitrogens with one attached hydrogen (secondary N) is 2. The van der Waals surface area contributed by atoms with Crippen molar-refractivity contribution in [1.82, 2.24) is 10.4 Å². The molecule has 2 rings (SSSR count). The molecule has 0 aliphatic carbocycles. The summed E-state index contributed by atoms with van der Waals surface area (Å²) < 4.78 is 0. The van der Waals surface area contributed by atoms with Gasteiger partial charge in [0.25, 0.3) is 0 Å². The van der Waals surface area contributed by atoms with Crippen LogP contribution in [0.2, 0.25) is 0 Å². The molecule has 5 N–H and O–H groups in total. The zero-order chi connectivity index (χ0) is 11.6. The van der Waals surface area contributed by atoms with Gasteiger partial charge in [-0.05, 0) is 25.0 Å². The predicted octanol–water partition coefficient (Wildman–Crippen LogP) is 0.925. The molecule has 86 valence electrons. The summed E-state index contributed by atoms with van der Waals surface area (Å²) in [6.45, 7) is 1.90. The van der Waals surface area contributed by atoms with Gasteiger partial charge in [-0.3, -0.25) is 11.3 Å². The van der Waals surface area contributed by atoms with Gasteiger partial charge >= 0.3 is 0 Å². The minimum atomic E-state index is -0.481. The predicted molar refractivity (Wildman–Crippen MR) is 64.8 cm³/mol. The number of aromatic nitrogens is 1. The Kier molecular flexibility index (Phi) is 2.96. The Labute approximate surface area is 94.4 Å². The molecule has 0 spiro atoms. The fraction of sp³-hybridized carbons (Fsp3) is 0.333. The van der Waals surface area contributed by atoms with Crippen LogP contribution in [-0.4, -0.2) is 22.2 Å². The van der Waals surface area contributed by atoms with Crippen molar-refractivity contribution in [2.45, 2.75) is 18.9 Å². The molecule has 2 aromatic rings. The first-order valence-corrected chi connectivity index (χ1v) is 5.32. The summed E-state index contributed by atoms with van der Waals surface area (Å²) >= 11 is 0. The lowest BCUT2D eigenvalue weighted by Gasteiger charge is -2.25. The average Bonchev–Trinajstić information content (AvgIpc) is 2.73. The first-order chi connectivity index (χ1) is 7.68. The van der Waals surface area contributed by atoms with E-state index in [-0.39, 0.29) is 6.61 Å². The highest BCUT2D eigenvalue weighted by Crippen LogP contribution is 2.21. The number of para-hydroxylation sites is 1. The van der Waals surface area contributed by atoms with Gasteiger partial charge in [-0.2, -0.15) is 0 Å². The molecule has 0 fully saturated rings. The van der Waals surface area contributed by atoms with E-state index in [1.807, 2.05) is 31.3 Å². The van der Waals surface area contributed by atoms with Gasteiger partial charge in [-0.1, -0.05) is 18.2 Å². The number of aromatic amines is 1. The largest absolute Gasteiger partial charge is 0.394 e. The van der Waals surface area contributed by atoms with Crippen LogP contribution in [0.3, 0.4) is 0 Å². The maximum atomic E-state index is 9.30. The summed E-state index contributed by atoms with van der Waals surface area (Å²) in [7, 11) is 0. The molecule has 16 heavy (non-hydrogen) atoms. The van der Waals surface area contributed by atoms with E-state index >= 15 is 0 Å². The lowest BCUT2D eigenvalue weighted by molar-refractivity contribution is 0.175. The van der Waals surface area contributed by atoms with E-state index in [1.165, 1.54) is 5.39 Å². The molecule has 4 nitrogen and oxygen atoms in total. The van der Waals surface area contributed by atoms with E-state index < -0.39 is 5.54 Å². The van der Waals surface area contributed by atoms with Crippen LogP contribution >= 0.6 is 0 Å². The molecule has 4 heteroatoms. The van der Waals surface area contributed by atoms with Crippen LogP contribution in [0.1, 0.15) is 12.5 Å². The smallest absolute Gasteiger partial charge is 0.0626 e. The molecule has 1 aromatic heterocycles. The minimum Gasteiger partial charge on any atom is -0.394 e. The Balaban J connectivity index is 2.34. The summed E-state index contributed by atoms with van der Waals surface area (Å²) in [4.78, 5) is 3.21. The van der Waals surface area contributed by atoms with Gasteiger partial charge in [0.1, 0.15) is 0 Å². The molecule has 1 atom stereocenters. The fourth-order valence-electron chi connectivity index (χ4n) is 1.85. The van der Waals surface area contributed by atoms with E-state index in [9.17, 15) is 5.11 Å². The number of hydrazine groups is 1. The molecule has 0 bridgehead atoms. The Bertz CT molecular complexity index is 474. The zero-order valence-corrected chi connectivity index (χ0v) is 9.33. The second-order valence-electron chi connectivity index (χ2n) is 4.40. The quantitative estimate of drug-likeness (QED) is 0.456. The van der Waals surface area contributed by atoms with Crippen molar-refractivity contribution in [1.29, 1.82) is 0 Å². The van der Waals surface area contributed by atoms with Crippen LogP contribution in [0.15, 0.2) is 30.5 Å². The van der Waals surface area contributed by atoms with Gasteiger partial charge in [0.15, 0.2) is 0 Å². The summed E-state index contributed by atoms with van der Waals surface area (Å²) in [6.07, 6.45) is 2.65. The van der Waals surface area contributed by atoms with Crippen LogP contribution in [-0.2, 0) is 6.42 Å². The van der Waals surface area contributed by atoms with Crippen molar-refractivity contribution in [2.75, 3.05) is 6.61 Å². The van der Waals surface area contributed by atoms with Crippen LogP contribution in [0, 0.1) is 0 Å². The van der Waals surface area contributed by atoms with E-state index in [0.717, 1.165) is 11.1 Å². The Morgan fingerprint density at radius 3 is 2.88 bits per heavy atom. The van der Waals surface area contributed by atoms with Gasteiger partial charge in [0.05, 0.1) is 12.1 Å². The number of aliphatic hydroxyl groups is 1.